The third-order valence-corrected chi connectivity index (χ3v) is 6.37. The van der Waals surface area contributed by atoms with Crippen LogP contribution in [0.15, 0.2) is 42.6 Å². The van der Waals surface area contributed by atoms with Gasteiger partial charge in [-0.1, -0.05) is 18.1 Å². The van der Waals surface area contributed by atoms with Crippen LogP contribution in [0.3, 0.4) is 0 Å². The van der Waals surface area contributed by atoms with Gasteiger partial charge in [0, 0.05) is 17.0 Å². The van der Waals surface area contributed by atoms with Gasteiger partial charge in [0.15, 0.2) is 0 Å². The number of methoxy groups -OCH3 is 1. The van der Waals surface area contributed by atoms with E-state index < -0.39 is 6.36 Å². The number of alkyl halides is 3. The van der Waals surface area contributed by atoms with Gasteiger partial charge in [0.25, 0.3) is 5.91 Å². The molecule has 0 atom stereocenters. The molecule has 1 aliphatic carbocycles. The lowest BCUT2D eigenvalue weighted by Crippen LogP contribution is -2.39. The molecule has 0 bridgehead atoms. The Hall–Kier alpha value is -4.00. The molecule has 1 saturated carbocycles. The molecule has 1 aliphatic rings. The predicted molar refractivity (Wildman–Crippen MR) is 130 cm³/mol. The minimum atomic E-state index is -4.80. The summed E-state index contributed by atoms with van der Waals surface area (Å²) in [4.78, 5) is 25.2. The van der Waals surface area contributed by atoms with E-state index in [1.807, 2.05) is 0 Å². The smallest absolute Gasteiger partial charge is 0.469 e. The lowest BCUT2D eigenvalue weighted by Gasteiger charge is -2.27. The number of esters is 1. The van der Waals surface area contributed by atoms with E-state index in [-0.39, 0.29) is 36.1 Å². The second-order valence-electron chi connectivity index (χ2n) is 8.84. The molecule has 0 radical (unpaired) electrons. The number of ether oxygens (including phenoxy) is 2. The van der Waals surface area contributed by atoms with Crippen molar-refractivity contribution < 1.29 is 32.2 Å². The monoisotopic (exact) mass is 513 g/mol. The third-order valence-electron chi connectivity index (χ3n) is 6.37. The van der Waals surface area contributed by atoms with Crippen LogP contribution in [0.1, 0.15) is 54.1 Å². The largest absolute Gasteiger partial charge is 0.573 e. The van der Waals surface area contributed by atoms with Crippen molar-refractivity contribution in [1.29, 1.82) is 0 Å². The quantitative estimate of drug-likeness (QED) is 0.378. The van der Waals surface area contributed by atoms with Gasteiger partial charge in [-0.25, -0.2) is 0 Å². The van der Waals surface area contributed by atoms with E-state index in [0.29, 0.717) is 53.3 Å². The second kappa shape index (κ2) is 10.9. The second-order valence-corrected chi connectivity index (χ2v) is 8.84. The first kappa shape index (κ1) is 26.1. The van der Waals surface area contributed by atoms with Crippen molar-refractivity contribution in [3.05, 3.63) is 59.3 Å². The zero-order valence-electron chi connectivity index (χ0n) is 20.4. The van der Waals surface area contributed by atoms with Crippen LogP contribution < -0.4 is 10.1 Å². The van der Waals surface area contributed by atoms with E-state index >= 15 is 0 Å². The predicted octanol–water partition coefficient (Wildman–Crippen LogP) is 4.82. The number of amides is 1. The Morgan fingerprint density at radius 2 is 1.92 bits per heavy atom. The van der Waals surface area contributed by atoms with Crippen LogP contribution >= 0.6 is 0 Å². The first-order chi connectivity index (χ1) is 17.7. The first-order valence-corrected chi connectivity index (χ1v) is 11.8. The number of benzene rings is 2. The van der Waals surface area contributed by atoms with Crippen LogP contribution in [0, 0.1) is 17.8 Å². The Balaban J connectivity index is 1.61. The number of nitrogens with zero attached hydrogens (tertiary/aromatic N) is 2. The highest BCUT2D eigenvalue weighted by Gasteiger charge is 2.31. The van der Waals surface area contributed by atoms with Crippen molar-refractivity contribution in [3.8, 4) is 17.6 Å². The van der Waals surface area contributed by atoms with Crippen molar-refractivity contribution in [2.24, 2.45) is 5.92 Å². The number of hydrogen-bond acceptors (Lipinski definition) is 5. The summed E-state index contributed by atoms with van der Waals surface area (Å²) < 4.78 is 48.4. The number of carbonyl (C=O) groups excluding carboxylic acids is 2. The molecule has 1 fully saturated rings. The third kappa shape index (κ3) is 6.23. The number of halogens is 3. The van der Waals surface area contributed by atoms with Gasteiger partial charge in [0.05, 0.1) is 36.8 Å². The van der Waals surface area contributed by atoms with Gasteiger partial charge in [-0.2, -0.15) is 5.10 Å². The highest BCUT2D eigenvalue weighted by molar-refractivity contribution is 6.07. The van der Waals surface area contributed by atoms with E-state index in [0.717, 1.165) is 0 Å². The van der Waals surface area contributed by atoms with Crippen molar-refractivity contribution in [2.45, 2.75) is 51.6 Å². The van der Waals surface area contributed by atoms with Crippen molar-refractivity contribution >= 4 is 22.8 Å². The number of rotatable bonds is 6. The molecule has 0 aliphatic heterocycles. The molecule has 0 unspecified atom stereocenters. The number of nitrogens with one attached hydrogen (secondary N) is 1. The van der Waals surface area contributed by atoms with Crippen LogP contribution in [0.5, 0.6) is 5.75 Å². The van der Waals surface area contributed by atoms with Gasteiger partial charge in [-0.05, 0) is 62.4 Å². The topological polar surface area (TPSA) is 82.5 Å². The van der Waals surface area contributed by atoms with Gasteiger partial charge < -0.3 is 14.8 Å². The molecule has 1 amide bonds. The van der Waals surface area contributed by atoms with Crippen LogP contribution in [0.25, 0.3) is 10.9 Å². The fraction of sp³-hybridized carbons (Fsp3) is 0.370. The molecule has 1 aromatic heterocycles. The fourth-order valence-electron chi connectivity index (χ4n) is 4.67. The molecule has 7 nitrogen and oxygen atoms in total. The first-order valence-electron chi connectivity index (χ1n) is 11.8. The lowest BCUT2D eigenvalue weighted by atomic mass is 9.86. The minimum Gasteiger partial charge on any atom is -0.469 e. The Morgan fingerprint density at radius 3 is 2.59 bits per heavy atom. The van der Waals surface area contributed by atoms with Crippen LogP contribution in [0.2, 0.25) is 0 Å². The van der Waals surface area contributed by atoms with E-state index in [4.69, 9.17) is 4.74 Å². The standard InChI is InChI=1S/C27H26F3N3O4/c1-3-5-18-10-13-22(25(34)32-20-11-8-19(9-12-20)26(35)36-2)24-23(18)15-31-33(24)16-17-6-4-7-21(14-17)37-27(28,29)30/h4,6-7,10,13-15,19-20H,8-9,11-12,16H2,1-2H3,(H,32,34). The van der Waals surface area contributed by atoms with Crippen molar-refractivity contribution in [3.63, 3.8) is 0 Å². The molecule has 2 aromatic carbocycles. The summed E-state index contributed by atoms with van der Waals surface area (Å²) in [5, 5.41) is 8.15. The van der Waals surface area contributed by atoms with E-state index in [1.54, 1.807) is 36.0 Å². The number of hydrogen-bond donors (Lipinski definition) is 1. The normalized spacial score (nSPS) is 17.5. The molecule has 3 aromatic rings. The summed E-state index contributed by atoms with van der Waals surface area (Å²) in [5.41, 5.74) is 2.12. The number of fused-ring (bicyclic) bond motifs is 1. The average Bonchev–Trinajstić information content (AvgIpc) is 3.27. The number of aromatic nitrogens is 2. The molecular formula is C27H26F3N3O4. The van der Waals surface area contributed by atoms with Gasteiger partial charge in [-0.3, -0.25) is 14.3 Å². The maximum atomic E-state index is 13.4. The Labute approximate surface area is 211 Å². The number of carbonyl (C=O) groups is 2. The maximum absolute atomic E-state index is 13.4. The summed E-state index contributed by atoms with van der Waals surface area (Å²) in [6, 6.07) is 8.98. The highest BCUT2D eigenvalue weighted by Crippen LogP contribution is 2.28. The van der Waals surface area contributed by atoms with Gasteiger partial charge in [-0.15, -0.1) is 19.1 Å². The van der Waals surface area contributed by atoms with Crippen LogP contribution in [0.4, 0.5) is 13.2 Å². The summed E-state index contributed by atoms with van der Waals surface area (Å²) in [5.74, 6) is 4.84. The van der Waals surface area contributed by atoms with Gasteiger partial charge in [0.1, 0.15) is 5.75 Å². The SMILES string of the molecule is CC#Cc1ccc(C(=O)NC2CCC(C(=O)OC)CC2)c2c1cnn2Cc1cccc(OC(F)(F)F)c1. The molecule has 194 valence electrons. The summed E-state index contributed by atoms with van der Waals surface area (Å²) >= 11 is 0. The summed E-state index contributed by atoms with van der Waals surface area (Å²) in [6.45, 7) is 1.82. The summed E-state index contributed by atoms with van der Waals surface area (Å²) in [7, 11) is 1.37. The van der Waals surface area contributed by atoms with Crippen molar-refractivity contribution in [1.82, 2.24) is 15.1 Å². The molecule has 10 heteroatoms. The Morgan fingerprint density at radius 1 is 1.16 bits per heavy atom. The van der Waals surface area contributed by atoms with E-state index in [9.17, 15) is 22.8 Å². The van der Waals surface area contributed by atoms with E-state index in [1.165, 1.54) is 25.3 Å². The average molecular weight is 514 g/mol. The molecule has 37 heavy (non-hydrogen) atoms. The lowest BCUT2D eigenvalue weighted by molar-refractivity contribution is -0.274. The molecule has 1 heterocycles. The zero-order valence-corrected chi connectivity index (χ0v) is 20.4. The van der Waals surface area contributed by atoms with Gasteiger partial charge >= 0.3 is 12.3 Å². The van der Waals surface area contributed by atoms with Crippen LogP contribution in [-0.4, -0.2) is 41.2 Å². The molecule has 1 N–H and O–H groups in total. The summed E-state index contributed by atoms with van der Waals surface area (Å²) in [6.07, 6.45) is -0.632. The van der Waals surface area contributed by atoms with Crippen molar-refractivity contribution in [2.75, 3.05) is 7.11 Å². The zero-order chi connectivity index (χ0) is 26.6. The van der Waals surface area contributed by atoms with Gasteiger partial charge in [0.2, 0.25) is 0 Å². The minimum absolute atomic E-state index is 0.0915. The fourth-order valence-corrected chi connectivity index (χ4v) is 4.67. The van der Waals surface area contributed by atoms with E-state index in [2.05, 4.69) is 27.0 Å². The Kier molecular flexibility index (Phi) is 7.71. The molecule has 0 spiro atoms. The maximum Gasteiger partial charge on any atom is 0.573 e. The highest BCUT2D eigenvalue weighted by atomic mass is 19.4. The molecular weight excluding hydrogens is 487 g/mol. The Bertz CT molecular complexity index is 1360. The molecule has 4 rings (SSSR count). The molecule has 0 saturated heterocycles. The van der Waals surface area contributed by atoms with Crippen LogP contribution in [-0.2, 0) is 16.1 Å².